The van der Waals surface area contributed by atoms with Crippen LogP contribution in [-0.2, 0) is 20.9 Å². The van der Waals surface area contributed by atoms with Gasteiger partial charge in [-0.25, -0.2) is 9.59 Å². The molecule has 1 aromatic carbocycles. The van der Waals surface area contributed by atoms with E-state index in [1.165, 1.54) is 30.6 Å². The smallest absolute Gasteiger partial charge is 0.475 e. The average Bonchev–Trinajstić information content (AvgIpc) is 3.18. The number of aliphatic carboxylic acids is 2. The highest BCUT2D eigenvalue weighted by molar-refractivity contribution is 8.01. The molecular weight excluding hydrogens is 506 g/mol. The Morgan fingerprint density at radius 1 is 1.06 bits per heavy atom. The van der Waals surface area contributed by atoms with Gasteiger partial charge in [-0.15, -0.1) is 11.8 Å². The lowest BCUT2D eigenvalue weighted by Crippen LogP contribution is -2.58. The average molecular weight is 528 g/mol. The lowest BCUT2D eigenvalue weighted by Gasteiger charge is -2.47. The van der Waals surface area contributed by atoms with Crippen LogP contribution in [0.4, 0.5) is 26.3 Å². The summed E-state index contributed by atoms with van der Waals surface area (Å²) in [5.41, 5.74) is 2.27. The highest BCUT2D eigenvalue weighted by Gasteiger charge is 2.49. The van der Waals surface area contributed by atoms with Gasteiger partial charge in [0.2, 0.25) is 0 Å². The SMILES string of the molecule is COC1CSC2(C1)CN(Cc1ccc3ccccc3n1)C2.O=C(O)C(F)(F)F.O=C(O)C(F)(F)F. The first kappa shape index (κ1) is 28.7. The van der Waals surface area contributed by atoms with E-state index >= 15 is 0 Å². The second-order valence-electron chi connectivity index (χ2n) is 7.80. The minimum absolute atomic E-state index is 0.455. The van der Waals surface area contributed by atoms with Gasteiger partial charge in [-0.1, -0.05) is 24.3 Å². The zero-order valence-corrected chi connectivity index (χ0v) is 19.1. The lowest BCUT2D eigenvalue weighted by atomic mass is 9.93. The van der Waals surface area contributed by atoms with E-state index < -0.39 is 24.3 Å². The molecule has 0 bridgehead atoms. The quantitative estimate of drug-likeness (QED) is 0.572. The molecule has 2 aliphatic rings. The van der Waals surface area contributed by atoms with Crippen LogP contribution in [0.25, 0.3) is 10.9 Å². The van der Waals surface area contributed by atoms with Gasteiger partial charge in [0, 0.05) is 42.6 Å². The van der Waals surface area contributed by atoms with E-state index in [0.717, 1.165) is 17.8 Å². The minimum atomic E-state index is -5.08. The molecule has 3 heterocycles. The monoisotopic (exact) mass is 528 g/mol. The number of thioether (sulfide) groups is 1. The molecule has 2 aromatic rings. The number of alkyl halides is 6. The molecule has 0 amide bonds. The lowest BCUT2D eigenvalue weighted by molar-refractivity contribution is -0.193. The van der Waals surface area contributed by atoms with Crippen molar-refractivity contribution in [2.24, 2.45) is 0 Å². The van der Waals surface area contributed by atoms with Crippen molar-refractivity contribution >= 4 is 34.6 Å². The molecule has 7 nitrogen and oxygen atoms in total. The summed E-state index contributed by atoms with van der Waals surface area (Å²) >= 11 is 2.09. The van der Waals surface area contributed by atoms with Crippen LogP contribution in [0.3, 0.4) is 0 Å². The standard InChI is InChI=1S/C17H20N2OS.2C2HF3O2/c1-20-15-8-17(21-10-15)11-19(12-17)9-14-7-6-13-4-2-3-5-16(13)18-14;2*3-2(4,5)1(6)7/h2-7,15H,8-12H2,1H3;2*(H,6,7). The van der Waals surface area contributed by atoms with Gasteiger partial charge in [0.15, 0.2) is 0 Å². The third-order valence-corrected chi connectivity index (χ3v) is 6.63. The molecule has 1 atom stereocenters. The second kappa shape index (κ2) is 11.4. The Morgan fingerprint density at radius 2 is 1.60 bits per heavy atom. The maximum atomic E-state index is 10.6. The van der Waals surface area contributed by atoms with E-state index in [9.17, 15) is 26.3 Å². The molecule has 1 spiro atoms. The molecule has 14 heteroatoms. The molecule has 2 N–H and O–H groups in total. The molecule has 35 heavy (non-hydrogen) atoms. The number of carboxylic acids is 2. The molecule has 1 unspecified atom stereocenters. The van der Waals surface area contributed by atoms with Crippen molar-refractivity contribution < 1.29 is 50.9 Å². The van der Waals surface area contributed by atoms with Gasteiger partial charge in [0.1, 0.15) is 0 Å². The van der Waals surface area contributed by atoms with Crippen molar-refractivity contribution in [3.8, 4) is 0 Å². The normalized spacial score (nSPS) is 19.2. The number of methoxy groups -OCH3 is 1. The number of benzene rings is 1. The second-order valence-corrected chi connectivity index (χ2v) is 9.29. The van der Waals surface area contributed by atoms with Crippen LogP contribution in [0.5, 0.6) is 0 Å². The van der Waals surface area contributed by atoms with Crippen LogP contribution >= 0.6 is 11.8 Å². The minimum Gasteiger partial charge on any atom is -0.475 e. The van der Waals surface area contributed by atoms with Gasteiger partial charge >= 0.3 is 24.3 Å². The summed E-state index contributed by atoms with van der Waals surface area (Å²) in [4.78, 5) is 25.1. The molecule has 0 saturated carbocycles. The molecule has 1 aromatic heterocycles. The van der Waals surface area contributed by atoms with E-state index in [0.29, 0.717) is 10.9 Å². The van der Waals surface area contributed by atoms with Crippen molar-refractivity contribution in [3.63, 3.8) is 0 Å². The number of nitrogens with zero attached hydrogens (tertiary/aromatic N) is 2. The number of rotatable bonds is 3. The van der Waals surface area contributed by atoms with Gasteiger partial charge in [0.05, 0.1) is 17.3 Å². The summed E-state index contributed by atoms with van der Waals surface area (Å²) in [6.07, 6.45) is -8.51. The number of ether oxygens (including phenoxy) is 1. The molecular formula is C21H22F6N2O5S. The number of pyridine rings is 1. The Labute approximate surface area is 200 Å². The van der Waals surface area contributed by atoms with E-state index in [4.69, 9.17) is 29.5 Å². The molecule has 2 fully saturated rings. The van der Waals surface area contributed by atoms with Crippen molar-refractivity contribution in [2.75, 3.05) is 26.0 Å². The predicted molar refractivity (Wildman–Crippen MR) is 115 cm³/mol. The van der Waals surface area contributed by atoms with Crippen molar-refractivity contribution in [1.29, 1.82) is 0 Å². The molecule has 4 rings (SSSR count). The Balaban J connectivity index is 0.000000257. The zero-order chi connectivity index (χ0) is 26.4. The molecule has 194 valence electrons. The largest absolute Gasteiger partial charge is 0.490 e. The topological polar surface area (TPSA) is 100.0 Å². The van der Waals surface area contributed by atoms with Gasteiger partial charge in [-0.2, -0.15) is 26.3 Å². The highest BCUT2D eigenvalue weighted by atomic mass is 32.2. The van der Waals surface area contributed by atoms with Gasteiger partial charge in [-0.05, 0) is 18.6 Å². The van der Waals surface area contributed by atoms with Crippen LogP contribution in [0.1, 0.15) is 12.1 Å². The fourth-order valence-electron chi connectivity index (χ4n) is 3.48. The summed E-state index contributed by atoms with van der Waals surface area (Å²) in [5, 5.41) is 15.5. The van der Waals surface area contributed by atoms with Crippen LogP contribution < -0.4 is 0 Å². The first-order valence-electron chi connectivity index (χ1n) is 9.99. The number of hydrogen-bond acceptors (Lipinski definition) is 6. The first-order valence-corrected chi connectivity index (χ1v) is 11.0. The fourth-order valence-corrected chi connectivity index (χ4v) is 5.13. The first-order chi connectivity index (χ1) is 16.1. The van der Waals surface area contributed by atoms with Gasteiger partial charge in [-0.3, -0.25) is 9.88 Å². The van der Waals surface area contributed by atoms with Crippen LogP contribution in [0, 0.1) is 0 Å². The molecule has 2 saturated heterocycles. The van der Waals surface area contributed by atoms with E-state index in [2.05, 4.69) is 53.1 Å². The number of fused-ring (bicyclic) bond motifs is 1. The van der Waals surface area contributed by atoms with Crippen molar-refractivity contribution in [1.82, 2.24) is 9.88 Å². The van der Waals surface area contributed by atoms with E-state index in [1.54, 1.807) is 0 Å². The summed E-state index contributed by atoms with van der Waals surface area (Å²) in [6.45, 7) is 3.31. The number of likely N-dealkylation sites (tertiary alicyclic amines) is 1. The van der Waals surface area contributed by atoms with Crippen LogP contribution in [0.15, 0.2) is 36.4 Å². The molecule has 0 radical (unpaired) electrons. The van der Waals surface area contributed by atoms with E-state index in [1.807, 2.05) is 7.11 Å². The Bertz CT molecular complexity index is 1000. The Hall–Kier alpha value is -2.58. The van der Waals surface area contributed by atoms with Crippen molar-refractivity contribution in [2.45, 2.75) is 36.2 Å². The number of carboxylic acid groups (broad SMARTS) is 2. The van der Waals surface area contributed by atoms with Crippen molar-refractivity contribution in [3.05, 3.63) is 42.1 Å². The summed E-state index contributed by atoms with van der Waals surface area (Å²) in [7, 11) is 1.83. The van der Waals surface area contributed by atoms with E-state index in [-0.39, 0.29) is 0 Å². The summed E-state index contributed by atoms with van der Waals surface area (Å²) in [6, 6.07) is 12.7. The highest BCUT2D eigenvalue weighted by Crippen LogP contribution is 2.46. The Kier molecular flexibility index (Phi) is 9.36. The Morgan fingerprint density at radius 3 is 2.09 bits per heavy atom. The number of hydrogen-bond donors (Lipinski definition) is 2. The van der Waals surface area contributed by atoms with Crippen LogP contribution in [-0.4, -0.2) is 81.2 Å². The predicted octanol–water partition coefficient (Wildman–Crippen LogP) is 4.21. The number of para-hydroxylation sites is 1. The molecule has 0 aliphatic carbocycles. The number of carbonyl (C=O) groups is 2. The maximum Gasteiger partial charge on any atom is 0.490 e. The summed E-state index contributed by atoms with van der Waals surface area (Å²) in [5.74, 6) is -4.36. The van der Waals surface area contributed by atoms with Gasteiger partial charge < -0.3 is 14.9 Å². The number of halogens is 6. The third kappa shape index (κ3) is 8.54. The molecule has 2 aliphatic heterocycles. The van der Waals surface area contributed by atoms with Crippen LogP contribution in [0.2, 0.25) is 0 Å². The van der Waals surface area contributed by atoms with Gasteiger partial charge in [0.25, 0.3) is 0 Å². The third-order valence-electron chi connectivity index (χ3n) is 5.06. The fraction of sp³-hybridized carbons (Fsp3) is 0.476. The summed E-state index contributed by atoms with van der Waals surface area (Å²) < 4.78 is 69.4. The maximum absolute atomic E-state index is 10.6. The zero-order valence-electron chi connectivity index (χ0n) is 18.3. The number of aromatic nitrogens is 1.